The van der Waals surface area contributed by atoms with Crippen LogP contribution in [0.3, 0.4) is 0 Å². The van der Waals surface area contributed by atoms with E-state index in [0.29, 0.717) is 18.2 Å². The van der Waals surface area contributed by atoms with Gasteiger partial charge in [0.25, 0.3) is 5.91 Å². The molecule has 1 amide bonds. The lowest BCUT2D eigenvalue weighted by Gasteiger charge is -2.24. The van der Waals surface area contributed by atoms with E-state index in [9.17, 15) is 4.79 Å². The minimum atomic E-state index is 0.0240. The fraction of sp³-hybridized carbons (Fsp3) is 0.500. The number of nitrogens with one attached hydrogen (secondary N) is 1. The highest BCUT2D eigenvalue weighted by Crippen LogP contribution is 2.19. The molecule has 3 rings (SSSR count). The van der Waals surface area contributed by atoms with E-state index < -0.39 is 0 Å². The maximum Gasteiger partial charge on any atom is 0.273 e. The molecule has 1 saturated heterocycles. The van der Waals surface area contributed by atoms with Gasteiger partial charge >= 0.3 is 0 Å². The van der Waals surface area contributed by atoms with Crippen molar-refractivity contribution < 1.29 is 4.79 Å². The van der Waals surface area contributed by atoms with Gasteiger partial charge in [0.1, 0.15) is 5.69 Å². The van der Waals surface area contributed by atoms with E-state index in [4.69, 9.17) is 0 Å². The monoisotopic (exact) mass is 322 g/mol. The third-order valence-corrected chi connectivity index (χ3v) is 5.27. The van der Waals surface area contributed by atoms with Crippen molar-refractivity contribution in [1.82, 2.24) is 20.2 Å². The van der Waals surface area contributed by atoms with Crippen molar-refractivity contribution in [2.75, 3.05) is 19.6 Å². The first kappa shape index (κ1) is 14.6. The molecule has 0 unspecified atom stereocenters. The van der Waals surface area contributed by atoms with Gasteiger partial charge in [0.05, 0.1) is 23.3 Å². The molecule has 0 saturated carbocycles. The fourth-order valence-corrected chi connectivity index (χ4v) is 3.85. The molecule has 1 aliphatic rings. The molecule has 3 heterocycles. The first-order valence-electron chi connectivity index (χ1n) is 7.01. The topological polar surface area (TPSA) is 58.1 Å². The highest BCUT2D eigenvalue weighted by atomic mass is 32.1. The Morgan fingerprint density at radius 2 is 2.38 bits per heavy atom. The summed E-state index contributed by atoms with van der Waals surface area (Å²) in [7, 11) is 0. The van der Waals surface area contributed by atoms with Gasteiger partial charge in [0.15, 0.2) is 0 Å². The maximum atomic E-state index is 12.7. The second-order valence-electron chi connectivity index (χ2n) is 5.28. The molecule has 2 aromatic rings. The number of nitrogens with zero attached hydrogens (tertiary/aromatic N) is 3. The summed E-state index contributed by atoms with van der Waals surface area (Å²) in [4.78, 5) is 24.2. The number of hydrogen-bond donors (Lipinski definition) is 1. The maximum absolute atomic E-state index is 12.7. The zero-order valence-corrected chi connectivity index (χ0v) is 13.5. The van der Waals surface area contributed by atoms with Gasteiger partial charge in [-0.25, -0.2) is 9.97 Å². The van der Waals surface area contributed by atoms with Gasteiger partial charge in [-0.15, -0.1) is 22.7 Å². The Balaban J connectivity index is 1.76. The molecule has 7 heteroatoms. The SMILES string of the molecule is Cc1ncsc1CN(C[C@H]1CCNC1)C(=O)c1cscn1. The molecule has 0 spiro atoms. The molecule has 5 nitrogen and oxygen atoms in total. The largest absolute Gasteiger partial charge is 0.332 e. The van der Waals surface area contributed by atoms with Crippen molar-refractivity contribution in [3.63, 3.8) is 0 Å². The molecule has 1 N–H and O–H groups in total. The van der Waals surface area contributed by atoms with Crippen molar-refractivity contribution in [1.29, 1.82) is 0 Å². The van der Waals surface area contributed by atoms with Crippen LogP contribution in [0.15, 0.2) is 16.4 Å². The van der Waals surface area contributed by atoms with Crippen LogP contribution in [0.25, 0.3) is 0 Å². The normalized spacial score (nSPS) is 18.0. The van der Waals surface area contributed by atoms with Crippen molar-refractivity contribution >= 4 is 28.6 Å². The minimum Gasteiger partial charge on any atom is -0.332 e. The molecule has 112 valence electrons. The summed E-state index contributed by atoms with van der Waals surface area (Å²) in [5, 5.41) is 5.18. The summed E-state index contributed by atoms with van der Waals surface area (Å²) in [6, 6.07) is 0. The van der Waals surface area contributed by atoms with Crippen molar-refractivity contribution in [3.05, 3.63) is 32.7 Å². The lowest BCUT2D eigenvalue weighted by molar-refractivity contribution is 0.0715. The molecule has 0 radical (unpaired) electrons. The van der Waals surface area contributed by atoms with Crippen LogP contribution in [0.5, 0.6) is 0 Å². The van der Waals surface area contributed by atoms with Crippen molar-refractivity contribution in [2.45, 2.75) is 19.9 Å². The highest BCUT2D eigenvalue weighted by Gasteiger charge is 2.24. The third kappa shape index (κ3) is 3.48. The Labute approximate surface area is 132 Å². The van der Waals surface area contributed by atoms with Gasteiger partial charge in [-0.05, 0) is 32.4 Å². The molecule has 21 heavy (non-hydrogen) atoms. The Hall–Kier alpha value is -1.31. The van der Waals surface area contributed by atoms with Crippen molar-refractivity contribution in [3.8, 4) is 0 Å². The highest BCUT2D eigenvalue weighted by molar-refractivity contribution is 7.09. The molecule has 0 bridgehead atoms. The molecule has 1 aliphatic heterocycles. The van der Waals surface area contributed by atoms with Gasteiger partial charge in [-0.2, -0.15) is 0 Å². The lowest BCUT2D eigenvalue weighted by Crippen LogP contribution is -2.35. The van der Waals surface area contributed by atoms with Crippen LogP contribution in [0.1, 0.15) is 27.5 Å². The average molecular weight is 322 g/mol. The average Bonchev–Trinajstić information content (AvgIpc) is 3.20. The predicted molar refractivity (Wildman–Crippen MR) is 84.7 cm³/mol. The Morgan fingerprint density at radius 3 is 3.00 bits per heavy atom. The Morgan fingerprint density at radius 1 is 1.48 bits per heavy atom. The van der Waals surface area contributed by atoms with Gasteiger partial charge in [-0.3, -0.25) is 4.79 Å². The van der Waals surface area contributed by atoms with E-state index in [1.165, 1.54) is 11.3 Å². The number of rotatable bonds is 5. The first-order valence-corrected chi connectivity index (χ1v) is 8.83. The van der Waals surface area contributed by atoms with Gasteiger partial charge in [-0.1, -0.05) is 0 Å². The number of aryl methyl sites for hydroxylation is 1. The molecular weight excluding hydrogens is 304 g/mol. The van der Waals surface area contributed by atoms with Gasteiger partial charge in [0, 0.05) is 16.8 Å². The smallest absolute Gasteiger partial charge is 0.273 e. The number of amides is 1. The number of carbonyl (C=O) groups is 1. The summed E-state index contributed by atoms with van der Waals surface area (Å²) in [5.74, 6) is 0.553. The van der Waals surface area contributed by atoms with Crippen LogP contribution < -0.4 is 5.32 Å². The van der Waals surface area contributed by atoms with Crippen LogP contribution in [-0.2, 0) is 6.54 Å². The molecular formula is C14H18N4OS2. The van der Waals surface area contributed by atoms with E-state index in [0.717, 1.165) is 36.6 Å². The number of hydrogen-bond acceptors (Lipinski definition) is 6. The fourth-order valence-electron chi connectivity index (χ4n) is 2.53. The van der Waals surface area contributed by atoms with Gasteiger partial charge < -0.3 is 10.2 Å². The van der Waals surface area contributed by atoms with Crippen LogP contribution in [0.4, 0.5) is 0 Å². The number of carbonyl (C=O) groups excluding carboxylic acids is 1. The molecule has 2 aromatic heterocycles. The van der Waals surface area contributed by atoms with Crippen LogP contribution >= 0.6 is 22.7 Å². The zero-order chi connectivity index (χ0) is 14.7. The molecule has 0 aromatic carbocycles. The van der Waals surface area contributed by atoms with E-state index in [1.807, 2.05) is 22.7 Å². The van der Waals surface area contributed by atoms with E-state index >= 15 is 0 Å². The predicted octanol–water partition coefficient (Wildman–Crippen LogP) is 2.16. The van der Waals surface area contributed by atoms with E-state index in [-0.39, 0.29) is 5.91 Å². The lowest BCUT2D eigenvalue weighted by atomic mass is 10.1. The van der Waals surface area contributed by atoms with Crippen molar-refractivity contribution in [2.24, 2.45) is 5.92 Å². The second-order valence-corrected chi connectivity index (χ2v) is 6.94. The summed E-state index contributed by atoms with van der Waals surface area (Å²) in [6.07, 6.45) is 1.13. The van der Waals surface area contributed by atoms with E-state index in [2.05, 4.69) is 15.3 Å². The summed E-state index contributed by atoms with van der Waals surface area (Å²) >= 11 is 3.07. The zero-order valence-electron chi connectivity index (χ0n) is 11.9. The quantitative estimate of drug-likeness (QED) is 0.916. The number of aromatic nitrogens is 2. The minimum absolute atomic E-state index is 0.0240. The van der Waals surface area contributed by atoms with Crippen LogP contribution in [0.2, 0.25) is 0 Å². The standard InChI is InChI=1S/C14H18N4OS2/c1-10-13(21-9-16-10)6-18(5-11-2-3-15-4-11)14(19)12-7-20-8-17-12/h7-9,11,15H,2-6H2,1H3/t11-/m0/s1. The molecule has 1 atom stereocenters. The summed E-state index contributed by atoms with van der Waals surface area (Å²) < 4.78 is 0. The number of thiazole rings is 2. The Kier molecular flexibility index (Phi) is 4.62. The van der Waals surface area contributed by atoms with Gasteiger partial charge in [0.2, 0.25) is 0 Å². The summed E-state index contributed by atoms with van der Waals surface area (Å²) in [5.41, 5.74) is 5.11. The Bertz CT molecular complexity index is 590. The summed E-state index contributed by atoms with van der Waals surface area (Å²) in [6.45, 7) is 5.43. The molecule has 1 fully saturated rings. The third-order valence-electron chi connectivity index (χ3n) is 3.76. The first-order chi connectivity index (χ1) is 10.2. The van der Waals surface area contributed by atoms with E-state index in [1.54, 1.807) is 16.8 Å². The van der Waals surface area contributed by atoms with Crippen LogP contribution in [0, 0.1) is 12.8 Å². The molecule has 0 aliphatic carbocycles. The van der Waals surface area contributed by atoms with Crippen LogP contribution in [-0.4, -0.2) is 40.4 Å². The second kappa shape index (κ2) is 6.64.